The predicted molar refractivity (Wildman–Crippen MR) is 93.1 cm³/mol. The molecule has 1 aromatic rings. The Morgan fingerprint density at radius 1 is 1.46 bits per heavy atom. The van der Waals surface area contributed by atoms with E-state index in [1.165, 1.54) is 0 Å². The summed E-state index contributed by atoms with van der Waals surface area (Å²) in [5.41, 5.74) is 7.01. The first kappa shape index (κ1) is 20.6. The Balaban J connectivity index is 0.00000288. The van der Waals surface area contributed by atoms with Gasteiger partial charge in [-0.15, -0.1) is 12.4 Å². The first-order valence-electron chi connectivity index (χ1n) is 7.91. The van der Waals surface area contributed by atoms with Gasteiger partial charge in [-0.3, -0.25) is 4.79 Å². The van der Waals surface area contributed by atoms with Crippen LogP contribution >= 0.6 is 12.4 Å². The van der Waals surface area contributed by atoms with Gasteiger partial charge in [-0.05, 0) is 38.3 Å². The predicted octanol–water partition coefficient (Wildman–Crippen LogP) is 3.91. The highest BCUT2D eigenvalue weighted by Crippen LogP contribution is 2.33. The summed E-state index contributed by atoms with van der Waals surface area (Å²) in [5.74, 6) is -0.0244. The molecular formula is C17H25ClF2N2O2. The van der Waals surface area contributed by atoms with E-state index in [1.54, 1.807) is 25.1 Å². The molecule has 1 fully saturated rings. The quantitative estimate of drug-likeness (QED) is 0.834. The van der Waals surface area contributed by atoms with Crippen molar-refractivity contribution in [2.75, 3.05) is 11.9 Å². The minimum absolute atomic E-state index is 0. The maximum absolute atomic E-state index is 12.5. The summed E-state index contributed by atoms with van der Waals surface area (Å²) in [6.45, 7) is 3.01. The Bertz CT molecular complexity index is 568. The van der Waals surface area contributed by atoms with Gasteiger partial charge in [0.05, 0.1) is 5.92 Å². The Morgan fingerprint density at radius 3 is 2.79 bits per heavy atom. The van der Waals surface area contributed by atoms with Crippen LogP contribution in [0, 0.1) is 12.8 Å². The molecule has 24 heavy (non-hydrogen) atoms. The van der Waals surface area contributed by atoms with Gasteiger partial charge in [0.1, 0.15) is 12.4 Å². The summed E-state index contributed by atoms with van der Waals surface area (Å²) in [4.78, 5) is 12.5. The van der Waals surface area contributed by atoms with Crippen molar-refractivity contribution in [3.8, 4) is 5.75 Å². The van der Waals surface area contributed by atoms with E-state index in [4.69, 9.17) is 10.5 Å². The highest BCUT2D eigenvalue weighted by Gasteiger charge is 2.37. The smallest absolute Gasteiger partial charge is 0.272 e. The molecule has 0 radical (unpaired) electrons. The second-order valence-electron chi connectivity index (χ2n) is 6.48. The van der Waals surface area contributed by atoms with Crippen LogP contribution in [0.5, 0.6) is 5.75 Å². The molecule has 1 aromatic carbocycles. The molecule has 0 heterocycles. The van der Waals surface area contributed by atoms with Gasteiger partial charge < -0.3 is 15.8 Å². The molecule has 3 N–H and O–H groups in total. The number of alkyl halides is 2. The van der Waals surface area contributed by atoms with E-state index in [1.807, 2.05) is 6.92 Å². The van der Waals surface area contributed by atoms with Crippen LogP contribution in [0.4, 0.5) is 14.5 Å². The van der Waals surface area contributed by atoms with Crippen LogP contribution in [0.3, 0.4) is 0 Å². The third kappa shape index (κ3) is 5.31. The molecule has 0 bridgehead atoms. The summed E-state index contributed by atoms with van der Waals surface area (Å²) >= 11 is 0. The first-order valence-corrected chi connectivity index (χ1v) is 7.91. The normalized spacial score (nSPS) is 23.5. The number of nitrogens with two attached hydrogens (primary N) is 1. The summed E-state index contributed by atoms with van der Waals surface area (Å²) < 4.78 is 29.6. The van der Waals surface area contributed by atoms with Gasteiger partial charge in [0.2, 0.25) is 5.91 Å². The molecule has 0 spiro atoms. The lowest BCUT2D eigenvalue weighted by Gasteiger charge is -2.37. The molecule has 0 aliphatic heterocycles. The number of anilines is 1. The number of halogens is 3. The lowest BCUT2D eigenvalue weighted by molar-refractivity contribution is -0.122. The first-order chi connectivity index (χ1) is 10.8. The molecule has 1 amide bonds. The Labute approximate surface area is 147 Å². The highest BCUT2D eigenvalue weighted by molar-refractivity contribution is 5.93. The van der Waals surface area contributed by atoms with E-state index in [0.29, 0.717) is 11.4 Å². The van der Waals surface area contributed by atoms with Crippen LogP contribution in [0.2, 0.25) is 0 Å². The van der Waals surface area contributed by atoms with Crippen molar-refractivity contribution in [3.63, 3.8) is 0 Å². The standard InChI is InChI=1S/C17H24F2N2O2.ClH/c1-11-6-7-12(9-14(11)23-10-15(18)19)21-16(22)13-5-3-4-8-17(13,2)20;/h6-7,9,13,15H,3-5,8,10,20H2,1-2H3,(H,21,22);1H. The molecule has 1 aliphatic carbocycles. The zero-order valence-corrected chi connectivity index (χ0v) is 14.8. The minimum atomic E-state index is -2.53. The number of aryl methyl sites for hydroxylation is 1. The highest BCUT2D eigenvalue weighted by atomic mass is 35.5. The van der Waals surface area contributed by atoms with Crippen molar-refractivity contribution in [1.29, 1.82) is 0 Å². The summed E-state index contributed by atoms with van der Waals surface area (Å²) in [6.07, 6.45) is 1.07. The van der Waals surface area contributed by atoms with Crippen LogP contribution < -0.4 is 15.8 Å². The second kappa shape index (κ2) is 8.62. The summed E-state index contributed by atoms with van der Waals surface area (Å²) in [5, 5.41) is 2.84. The number of amides is 1. The lowest BCUT2D eigenvalue weighted by atomic mass is 9.74. The van der Waals surface area contributed by atoms with Gasteiger partial charge in [0.25, 0.3) is 6.43 Å². The molecule has 7 heteroatoms. The fraction of sp³-hybridized carbons (Fsp3) is 0.588. The molecule has 4 nitrogen and oxygen atoms in total. The van der Waals surface area contributed by atoms with Gasteiger partial charge in [-0.1, -0.05) is 18.9 Å². The number of benzene rings is 1. The third-order valence-corrected chi connectivity index (χ3v) is 4.39. The number of ether oxygens (including phenoxy) is 1. The molecule has 136 valence electrons. The number of carbonyl (C=O) groups excluding carboxylic acids is 1. The molecular weight excluding hydrogens is 338 g/mol. The van der Waals surface area contributed by atoms with Crippen LogP contribution in [-0.2, 0) is 4.79 Å². The molecule has 0 saturated heterocycles. The maximum Gasteiger partial charge on any atom is 0.272 e. The van der Waals surface area contributed by atoms with Crippen molar-refractivity contribution in [2.24, 2.45) is 11.7 Å². The van der Waals surface area contributed by atoms with Crippen LogP contribution in [0.25, 0.3) is 0 Å². The molecule has 1 aliphatic rings. The number of carbonyl (C=O) groups is 1. The Morgan fingerprint density at radius 2 is 2.17 bits per heavy atom. The van der Waals surface area contributed by atoms with E-state index in [0.717, 1.165) is 31.2 Å². The van der Waals surface area contributed by atoms with Crippen molar-refractivity contribution in [2.45, 2.75) is 51.5 Å². The number of hydrogen-bond donors (Lipinski definition) is 2. The van der Waals surface area contributed by atoms with E-state index < -0.39 is 18.6 Å². The van der Waals surface area contributed by atoms with Gasteiger partial charge in [0, 0.05) is 17.3 Å². The number of nitrogens with one attached hydrogen (secondary N) is 1. The average Bonchev–Trinajstić information content (AvgIpc) is 2.47. The SMILES string of the molecule is Cc1ccc(NC(=O)C2CCCCC2(C)N)cc1OCC(F)F.Cl. The zero-order valence-electron chi connectivity index (χ0n) is 14.0. The maximum atomic E-state index is 12.5. The molecule has 2 unspecified atom stereocenters. The van der Waals surface area contributed by atoms with Crippen molar-refractivity contribution < 1.29 is 18.3 Å². The van der Waals surface area contributed by atoms with Crippen molar-refractivity contribution in [3.05, 3.63) is 23.8 Å². The second-order valence-corrected chi connectivity index (χ2v) is 6.48. The zero-order chi connectivity index (χ0) is 17.0. The van der Waals surface area contributed by atoms with E-state index >= 15 is 0 Å². The number of rotatable bonds is 5. The van der Waals surface area contributed by atoms with Gasteiger partial charge in [0.15, 0.2) is 0 Å². The molecule has 2 atom stereocenters. The fourth-order valence-corrected chi connectivity index (χ4v) is 3.00. The molecule has 2 rings (SSSR count). The third-order valence-electron chi connectivity index (χ3n) is 4.39. The Hall–Kier alpha value is -1.40. The van der Waals surface area contributed by atoms with Gasteiger partial charge >= 0.3 is 0 Å². The largest absolute Gasteiger partial charge is 0.487 e. The van der Waals surface area contributed by atoms with E-state index in [2.05, 4.69) is 5.32 Å². The number of hydrogen-bond acceptors (Lipinski definition) is 3. The topological polar surface area (TPSA) is 64.4 Å². The van der Waals surface area contributed by atoms with Crippen molar-refractivity contribution in [1.82, 2.24) is 0 Å². The van der Waals surface area contributed by atoms with Crippen molar-refractivity contribution >= 4 is 24.0 Å². The summed E-state index contributed by atoms with van der Waals surface area (Å²) in [7, 11) is 0. The fourth-order valence-electron chi connectivity index (χ4n) is 3.00. The average molecular weight is 363 g/mol. The van der Waals surface area contributed by atoms with E-state index in [9.17, 15) is 13.6 Å². The van der Waals surface area contributed by atoms with Crippen LogP contribution in [-0.4, -0.2) is 24.5 Å². The lowest BCUT2D eigenvalue weighted by Crippen LogP contribution is -2.51. The van der Waals surface area contributed by atoms with Gasteiger partial charge in [-0.2, -0.15) is 0 Å². The van der Waals surface area contributed by atoms with E-state index in [-0.39, 0.29) is 24.2 Å². The van der Waals surface area contributed by atoms with Crippen LogP contribution in [0.1, 0.15) is 38.2 Å². The monoisotopic (exact) mass is 362 g/mol. The van der Waals surface area contributed by atoms with Gasteiger partial charge in [-0.25, -0.2) is 8.78 Å². The molecule has 1 saturated carbocycles. The Kier molecular flexibility index (Phi) is 7.42. The van der Waals surface area contributed by atoms with Crippen LogP contribution in [0.15, 0.2) is 18.2 Å². The molecule has 0 aromatic heterocycles. The summed E-state index contributed by atoms with van der Waals surface area (Å²) in [6, 6.07) is 5.05. The minimum Gasteiger partial charge on any atom is -0.487 e.